The van der Waals surface area contributed by atoms with Crippen LogP contribution < -0.4 is 5.32 Å². The molecular formula is C14H23NO2S. The molecule has 1 spiro atoms. The summed E-state index contributed by atoms with van der Waals surface area (Å²) >= 11 is 1.98. The van der Waals surface area contributed by atoms with E-state index < -0.39 is 0 Å². The summed E-state index contributed by atoms with van der Waals surface area (Å²) in [6, 6.07) is 0. The highest BCUT2D eigenvalue weighted by Crippen LogP contribution is 2.41. The van der Waals surface area contributed by atoms with Gasteiger partial charge in [-0.15, -0.1) is 0 Å². The van der Waals surface area contributed by atoms with Gasteiger partial charge in [0.15, 0.2) is 0 Å². The third-order valence-corrected chi connectivity index (χ3v) is 5.88. The molecule has 3 saturated heterocycles. The zero-order chi connectivity index (χ0) is 12.4. The molecule has 3 aliphatic rings. The molecule has 3 heterocycles. The van der Waals surface area contributed by atoms with Gasteiger partial charge in [0, 0.05) is 30.7 Å². The summed E-state index contributed by atoms with van der Waals surface area (Å²) in [5.74, 6) is 3.35. The summed E-state index contributed by atoms with van der Waals surface area (Å²) in [6.07, 6.45) is 5.31. The number of carbonyl (C=O) groups excluding carboxylic acids is 1. The van der Waals surface area contributed by atoms with E-state index in [1.165, 1.54) is 5.75 Å². The predicted octanol–water partition coefficient (Wildman–Crippen LogP) is 1.86. The van der Waals surface area contributed by atoms with E-state index in [9.17, 15) is 4.79 Å². The van der Waals surface area contributed by atoms with Gasteiger partial charge < -0.3 is 10.1 Å². The first-order valence-electron chi connectivity index (χ1n) is 7.25. The summed E-state index contributed by atoms with van der Waals surface area (Å²) < 4.78 is 6.01. The summed E-state index contributed by atoms with van der Waals surface area (Å²) in [6.45, 7) is 2.77. The zero-order valence-corrected chi connectivity index (χ0v) is 11.8. The molecule has 4 heteroatoms. The summed E-state index contributed by atoms with van der Waals surface area (Å²) in [7, 11) is 0. The van der Waals surface area contributed by atoms with E-state index in [1.54, 1.807) is 0 Å². The average molecular weight is 269 g/mol. The van der Waals surface area contributed by atoms with Crippen molar-refractivity contribution in [3.05, 3.63) is 0 Å². The Labute approximate surface area is 113 Å². The molecule has 0 aliphatic carbocycles. The van der Waals surface area contributed by atoms with Gasteiger partial charge >= 0.3 is 0 Å². The molecule has 3 aliphatic heterocycles. The summed E-state index contributed by atoms with van der Waals surface area (Å²) in [4.78, 5) is 12.6. The maximum absolute atomic E-state index is 12.6. The van der Waals surface area contributed by atoms with Crippen molar-refractivity contribution in [2.24, 2.45) is 11.8 Å². The number of piperidine rings is 1. The van der Waals surface area contributed by atoms with E-state index >= 15 is 0 Å². The number of carbonyl (C=O) groups is 1. The Balaban J connectivity index is 1.62. The minimum atomic E-state index is 0.0470. The Bertz CT molecular complexity index is 309. The Morgan fingerprint density at radius 2 is 2.28 bits per heavy atom. The number of thioether (sulfide) groups is 1. The Hall–Kier alpha value is -0.0600. The lowest BCUT2D eigenvalue weighted by Crippen LogP contribution is -2.45. The van der Waals surface area contributed by atoms with Crippen LogP contribution in [-0.4, -0.2) is 42.6 Å². The first kappa shape index (κ1) is 12.9. The smallest absolute Gasteiger partial charge is 0.140 e. The number of Topliss-reactive ketones (excluding diaryl/α,β-unsaturated/α-hetero) is 1. The molecule has 0 amide bonds. The van der Waals surface area contributed by atoms with Crippen LogP contribution in [0.5, 0.6) is 0 Å². The van der Waals surface area contributed by atoms with Crippen LogP contribution in [0.15, 0.2) is 0 Å². The Morgan fingerprint density at radius 1 is 1.33 bits per heavy atom. The van der Waals surface area contributed by atoms with E-state index in [4.69, 9.17) is 4.74 Å². The zero-order valence-electron chi connectivity index (χ0n) is 11.0. The summed E-state index contributed by atoms with van der Waals surface area (Å²) in [5, 5.41) is 3.36. The van der Waals surface area contributed by atoms with E-state index in [2.05, 4.69) is 5.32 Å². The molecular weight excluding hydrogens is 246 g/mol. The monoisotopic (exact) mass is 269 g/mol. The third kappa shape index (κ3) is 2.61. The van der Waals surface area contributed by atoms with Crippen LogP contribution in [0.25, 0.3) is 0 Å². The van der Waals surface area contributed by atoms with Gasteiger partial charge in [0.05, 0.1) is 5.60 Å². The Kier molecular flexibility index (Phi) is 3.97. The van der Waals surface area contributed by atoms with E-state index in [0.717, 1.165) is 57.6 Å². The maximum atomic E-state index is 12.6. The molecule has 0 saturated carbocycles. The van der Waals surface area contributed by atoms with Crippen LogP contribution in [0.2, 0.25) is 0 Å². The van der Waals surface area contributed by atoms with Crippen LogP contribution >= 0.6 is 11.8 Å². The molecule has 3 nitrogen and oxygen atoms in total. The van der Waals surface area contributed by atoms with Crippen molar-refractivity contribution in [2.45, 2.75) is 37.7 Å². The molecule has 3 fully saturated rings. The van der Waals surface area contributed by atoms with Crippen molar-refractivity contribution >= 4 is 17.5 Å². The fourth-order valence-corrected chi connectivity index (χ4v) is 4.94. The van der Waals surface area contributed by atoms with Gasteiger partial charge in [-0.3, -0.25) is 4.79 Å². The van der Waals surface area contributed by atoms with Crippen molar-refractivity contribution in [2.75, 3.05) is 31.2 Å². The molecule has 18 heavy (non-hydrogen) atoms. The fraction of sp³-hybridized carbons (Fsp3) is 0.929. The number of nitrogens with one attached hydrogen (secondary N) is 1. The number of rotatable bonds is 2. The van der Waals surface area contributed by atoms with Gasteiger partial charge in [-0.1, -0.05) is 0 Å². The van der Waals surface area contributed by atoms with E-state index in [0.29, 0.717) is 5.78 Å². The van der Waals surface area contributed by atoms with Gasteiger partial charge in [-0.05, 0) is 44.4 Å². The van der Waals surface area contributed by atoms with Crippen LogP contribution in [0.1, 0.15) is 32.1 Å². The minimum absolute atomic E-state index is 0.0470. The number of hydrogen-bond acceptors (Lipinski definition) is 4. The van der Waals surface area contributed by atoms with Crippen LogP contribution in [0, 0.1) is 11.8 Å². The molecule has 0 radical (unpaired) electrons. The average Bonchev–Trinajstić information content (AvgIpc) is 2.87. The number of ketones is 1. The molecule has 0 aromatic heterocycles. The predicted molar refractivity (Wildman–Crippen MR) is 73.9 cm³/mol. The lowest BCUT2D eigenvalue weighted by Gasteiger charge is -2.38. The molecule has 0 bridgehead atoms. The molecule has 3 atom stereocenters. The summed E-state index contributed by atoms with van der Waals surface area (Å²) in [5.41, 5.74) is 0.0470. The quantitative estimate of drug-likeness (QED) is 0.830. The number of ether oxygens (including phenoxy) is 1. The second kappa shape index (κ2) is 5.51. The highest BCUT2D eigenvalue weighted by Gasteiger charge is 2.43. The molecule has 3 unspecified atom stereocenters. The maximum Gasteiger partial charge on any atom is 0.140 e. The van der Waals surface area contributed by atoms with E-state index in [1.807, 2.05) is 11.8 Å². The van der Waals surface area contributed by atoms with Gasteiger partial charge in [0.1, 0.15) is 5.78 Å². The lowest BCUT2D eigenvalue weighted by molar-refractivity contribution is -0.138. The van der Waals surface area contributed by atoms with Crippen molar-refractivity contribution in [1.82, 2.24) is 5.32 Å². The molecule has 3 rings (SSSR count). The van der Waals surface area contributed by atoms with Gasteiger partial charge in [-0.2, -0.15) is 11.8 Å². The first-order valence-corrected chi connectivity index (χ1v) is 8.41. The van der Waals surface area contributed by atoms with Gasteiger partial charge in [0.2, 0.25) is 0 Å². The lowest BCUT2D eigenvalue weighted by atomic mass is 9.78. The van der Waals surface area contributed by atoms with Crippen molar-refractivity contribution in [1.29, 1.82) is 0 Å². The second-order valence-electron chi connectivity index (χ2n) is 5.97. The van der Waals surface area contributed by atoms with Crippen molar-refractivity contribution in [3.63, 3.8) is 0 Å². The SMILES string of the molecule is O=C(C1CCCNC1)C1CCOC2(CCSC2)C1. The molecule has 1 N–H and O–H groups in total. The largest absolute Gasteiger partial charge is 0.374 e. The second-order valence-corrected chi connectivity index (χ2v) is 7.07. The fourth-order valence-electron chi connectivity index (χ4n) is 3.56. The highest BCUT2D eigenvalue weighted by molar-refractivity contribution is 7.99. The van der Waals surface area contributed by atoms with Crippen LogP contribution in [0.3, 0.4) is 0 Å². The highest BCUT2D eigenvalue weighted by atomic mass is 32.2. The standard InChI is InChI=1S/C14H23NO2S/c16-13(12-2-1-5-15-9-12)11-3-6-17-14(8-11)4-7-18-10-14/h11-12,15H,1-10H2. The molecule has 102 valence electrons. The van der Waals surface area contributed by atoms with Crippen LogP contribution in [0.4, 0.5) is 0 Å². The van der Waals surface area contributed by atoms with E-state index in [-0.39, 0.29) is 17.4 Å². The third-order valence-electron chi connectivity index (χ3n) is 4.66. The molecule has 0 aromatic carbocycles. The minimum Gasteiger partial charge on any atom is -0.374 e. The van der Waals surface area contributed by atoms with Gasteiger partial charge in [-0.25, -0.2) is 0 Å². The van der Waals surface area contributed by atoms with Gasteiger partial charge in [0.25, 0.3) is 0 Å². The first-order chi connectivity index (χ1) is 8.79. The van der Waals surface area contributed by atoms with Crippen LogP contribution in [-0.2, 0) is 9.53 Å². The molecule has 0 aromatic rings. The Morgan fingerprint density at radius 3 is 3.00 bits per heavy atom. The topological polar surface area (TPSA) is 38.3 Å². The normalized spacial score (nSPS) is 41.1. The van der Waals surface area contributed by atoms with Crippen molar-refractivity contribution in [3.8, 4) is 0 Å². The van der Waals surface area contributed by atoms with Crippen molar-refractivity contribution < 1.29 is 9.53 Å². The number of hydrogen-bond donors (Lipinski definition) is 1.